The van der Waals surface area contributed by atoms with E-state index in [1.807, 2.05) is 6.92 Å². The maximum Gasteiger partial charge on any atom is 0.253 e. The molecule has 1 N–H and O–H groups in total. The minimum absolute atomic E-state index is 0.240. The summed E-state index contributed by atoms with van der Waals surface area (Å²) in [5, 5.41) is 2.38. The molecule has 0 spiro atoms. The topological polar surface area (TPSA) is 46.2 Å². The molecule has 0 aromatic rings. The lowest BCUT2D eigenvalue weighted by Crippen LogP contribution is -2.39. The minimum atomic E-state index is -0.526. The largest absolute Gasteiger partial charge is 0.292 e. The molecule has 0 aromatic heterocycles. The van der Waals surface area contributed by atoms with Crippen LogP contribution in [0.3, 0.4) is 0 Å². The third-order valence-corrected chi connectivity index (χ3v) is 1.93. The molecule has 80 valence electrons. The van der Waals surface area contributed by atoms with Crippen LogP contribution in [0.4, 0.5) is 0 Å². The second-order valence-corrected chi connectivity index (χ2v) is 4.20. The van der Waals surface area contributed by atoms with Gasteiger partial charge in [-0.2, -0.15) is 0 Å². The molecule has 3 nitrogen and oxygen atoms in total. The number of hydrogen-bond acceptors (Lipinski definition) is 2. The summed E-state index contributed by atoms with van der Waals surface area (Å²) >= 11 is 0. The maximum absolute atomic E-state index is 11.5. The van der Waals surface area contributed by atoms with Crippen molar-refractivity contribution in [3.05, 3.63) is 11.6 Å². The molecule has 0 heterocycles. The molecule has 0 rings (SSSR count). The van der Waals surface area contributed by atoms with Gasteiger partial charge in [0.25, 0.3) is 5.91 Å². The summed E-state index contributed by atoms with van der Waals surface area (Å²) in [6, 6.07) is 0. The Morgan fingerprint density at radius 3 is 2.07 bits per heavy atom. The summed E-state index contributed by atoms with van der Waals surface area (Å²) in [4.78, 5) is 22.9. The highest BCUT2D eigenvalue weighted by molar-refractivity contribution is 6.05. The second kappa shape index (κ2) is 4.94. The van der Waals surface area contributed by atoms with E-state index in [0.717, 1.165) is 0 Å². The maximum atomic E-state index is 11.5. The van der Waals surface area contributed by atoms with Gasteiger partial charge in [0, 0.05) is 11.0 Å². The van der Waals surface area contributed by atoms with E-state index in [4.69, 9.17) is 0 Å². The highest BCUT2D eigenvalue weighted by Gasteiger charge is 2.23. The number of carbonyl (C=O) groups is 2. The molecular formula is C11H19NO2. The van der Waals surface area contributed by atoms with Gasteiger partial charge >= 0.3 is 0 Å². The molecule has 0 aliphatic rings. The fourth-order valence-corrected chi connectivity index (χ4v) is 0.867. The zero-order chi connectivity index (χ0) is 11.4. The van der Waals surface area contributed by atoms with Gasteiger partial charge in [0.1, 0.15) is 0 Å². The molecule has 0 radical (unpaired) electrons. The molecule has 0 atom stereocenters. The zero-order valence-electron chi connectivity index (χ0n) is 9.60. The molecule has 0 aliphatic heterocycles. The van der Waals surface area contributed by atoms with Gasteiger partial charge < -0.3 is 0 Å². The molecule has 0 saturated heterocycles. The summed E-state index contributed by atoms with van der Waals surface area (Å²) < 4.78 is 0. The first-order valence-electron chi connectivity index (χ1n) is 4.83. The summed E-state index contributed by atoms with van der Waals surface area (Å²) in [7, 11) is 0. The van der Waals surface area contributed by atoms with Gasteiger partial charge in [-0.25, -0.2) is 0 Å². The van der Waals surface area contributed by atoms with Crippen LogP contribution in [0.25, 0.3) is 0 Å². The van der Waals surface area contributed by atoms with E-state index < -0.39 is 5.41 Å². The summed E-state index contributed by atoms with van der Waals surface area (Å²) in [5.74, 6) is -0.523. The Morgan fingerprint density at radius 1 is 1.29 bits per heavy atom. The lowest BCUT2D eigenvalue weighted by molar-refractivity contribution is -0.133. The van der Waals surface area contributed by atoms with Crippen LogP contribution in [0.2, 0.25) is 0 Å². The van der Waals surface area contributed by atoms with Crippen molar-refractivity contribution < 1.29 is 9.59 Å². The third-order valence-electron chi connectivity index (χ3n) is 1.93. The molecule has 0 fully saturated rings. The van der Waals surface area contributed by atoms with Gasteiger partial charge in [0.05, 0.1) is 0 Å². The lowest BCUT2D eigenvalue weighted by atomic mass is 9.95. The van der Waals surface area contributed by atoms with E-state index in [1.54, 1.807) is 33.8 Å². The number of rotatable bonds is 2. The fourth-order valence-electron chi connectivity index (χ4n) is 0.867. The van der Waals surface area contributed by atoms with E-state index in [9.17, 15) is 9.59 Å². The van der Waals surface area contributed by atoms with Crippen molar-refractivity contribution in [1.82, 2.24) is 5.32 Å². The van der Waals surface area contributed by atoms with Crippen LogP contribution in [-0.4, -0.2) is 11.8 Å². The van der Waals surface area contributed by atoms with Crippen LogP contribution in [0.15, 0.2) is 11.6 Å². The van der Waals surface area contributed by atoms with Crippen molar-refractivity contribution in [2.45, 2.75) is 41.0 Å². The fraction of sp³-hybridized carbons (Fsp3) is 0.636. The lowest BCUT2D eigenvalue weighted by Gasteiger charge is -2.17. The average Bonchev–Trinajstić information content (AvgIpc) is 2.04. The third kappa shape index (κ3) is 3.73. The number of hydrogen-bond donors (Lipinski definition) is 1. The molecule has 2 amide bonds. The van der Waals surface area contributed by atoms with E-state index in [0.29, 0.717) is 12.0 Å². The van der Waals surface area contributed by atoms with Gasteiger partial charge in [-0.3, -0.25) is 14.9 Å². The second-order valence-electron chi connectivity index (χ2n) is 4.20. The van der Waals surface area contributed by atoms with Crippen LogP contribution in [0.5, 0.6) is 0 Å². The van der Waals surface area contributed by atoms with Crippen molar-refractivity contribution in [3.8, 4) is 0 Å². The Bertz CT molecular complexity index is 259. The Kier molecular flexibility index (Phi) is 4.54. The Labute approximate surface area is 85.6 Å². The quantitative estimate of drug-likeness (QED) is 0.688. The van der Waals surface area contributed by atoms with Crippen LogP contribution in [0, 0.1) is 5.41 Å². The summed E-state index contributed by atoms with van der Waals surface area (Å²) in [6.45, 7) is 9.00. The van der Waals surface area contributed by atoms with Crippen molar-refractivity contribution in [2.24, 2.45) is 5.41 Å². The molecule has 0 unspecified atom stereocenters. The van der Waals surface area contributed by atoms with Crippen molar-refractivity contribution in [3.63, 3.8) is 0 Å². The minimum Gasteiger partial charge on any atom is -0.292 e. The van der Waals surface area contributed by atoms with Gasteiger partial charge in [-0.1, -0.05) is 33.8 Å². The van der Waals surface area contributed by atoms with Gasteiger partial charge in [0.15, 0.2) is 0 Å². The smallest absolute Gasteiger partial charge is 0.253 e. The van der Waals surface area contributed by atoms with Crippen molar-refractivity contribution >= 4 is 11.8 Å². The predicted molar refractivity (Wildman–Crippen MR) is 56.7 cm³/mol. The van der Waals surface area contributed by atoms with Crippen LogP contribution >= 0.6 is 0 Å². The Hall–Kier alpha value is -1.12. The molecule has 0 aliphatic carbocycles. The Morgan fingerprint density at radius 2 is 1.79 bits per heavy atom. The number of amides is 2. The molecule has 0 saturated carbocycles. The molecular weight excluding hydrogens is 178 g/mol. The number of carbonyl (C=O) groups excluding carboxylic acids is 2. The van der Waals surface area contributed by atoms with E-state index in [2.05, 4.69) is 5.32 Å². The molecule has 0 bridgehead atoms. The van der Waals surface area contributed by atoms with E-state index in [1.165, 1.54) is 0 Å². The number of nitrogens with one attached hydrogen (secondary N) is 1. The SMILES string of the molecule is C/C=C(\CC)C(=O)NC(=O)C(C)(C)C. The van der Waals surface area contributed by atoms with E-state index >= 15 is 0 Å². The van der Waals surface area contributed by atoms with Crippen molar-refractivity contribution in [2.75, 3.05) is 0 Å². The van der Waals surface area contributed by atoms with Gasteiger partial charge in [-0.05, 0) is 13.3 Å². The number of imide groups is 1. The van der Waals surface area contributed by atoms with Crippen LogP contribution < -0.4 is 5.32 Å². The average molecular weight is 197 g/mol. The first-order valence-corrected chi connectivity index (χ1v) is 4.83. The zero-order valence-corrected chi connectivity index (χ0v) is 9.60. The number of allylic oxidation sites excluding steroid dienone is 1. The Balaban J connectivity index is 4.42. The first kappa shape index (κ1) is 12.9. The molecule has 0 aromatic carbocycles. The highest BCUT2D eigenvalue weighted by atomic mass is 16.2. The standard InChI is InChI=1S/C11H19NO2/c1-6-8(7-2)9(13)12-10(14)11(3,4)5/h6H,7H2,1-5H3,(H,12,13,14)/b8-6+. The summed E-state index contributed by atoms with van der Waals surface area (Å²) in [6.07, 6.45) is 2.37. The van der Waals surface area contributed by atoms with Crippen LogP contribution in [0.1, 0.15) is 41.0 Å². The van der Waals surface area contributed by atoms with E-state index in [-0.39, 0.29) is 11.8 Å². The van der Waals surface area contributed by atoms with Crippen LogP contribution in [-0.2, 0) is 9.59 Å². The first-order chi connectivity index (χ1) is 6.32. The van der Waals surface area contributed by atoms with Crippen molar-refractivity contribution in [1.29, 1.82) is 0 Å². The normalized spacial score (nSPS) is 12.5. The summed E-state index contributed by atoms with van der Waals surface area (Å²) in [5.41, 5.74) is 0.116. The molecule has 14 heavy (non-hydrogen) atoms. The highest BCUT2D eigenvalue weighted by Crippen LogP contribution is 2.13. The predicted octanol–water partition coefficient (Wildman–Crippen LogP) is 2.03. The van der Waals surface area contributed by atoms with Gasteiger partial charge in [-0.15, -0.1) is 0 Å². The van der Waals surface area contributed by atoms with Gasteiger partial charge in [0.2, 0.25) is 5.91 Å². The molecule has 3 heteroatoms. The monoisotopic (exact) mass is 197 g/mol.